The molecule has 2 aliphatic rings. The largest absolute Gasteiger partial charge is 0.377 e. The van der Waals surface area contributed by atoms with Crippen LogP contribution >= 0.6 is 22.6 Å². The van der Waals surface area contributed by atoms with E-state index in [0.717, 1.165) is 48.1 Å². The molecule has 0 aromatic heterocycles. The number of carbonyl (C=O) groups excluding carboxylic acids is 1. The summed E-state index contributed by atoms with van der Waals surface area (Å²) in [4.78, 5) is 14.6. The van der Waals surface area contributed by atoms with Crippen molar-refractivity contribution in [1.29, 1.82) is 0 Å². The summed E-state index contributed by atoms with van der Waals surface area (Å²) in [7, 11) is 0. The van der Waals surface area contributed by atoms with E-state index in [2.05, 4.69) is 22.6 Å². The van der Waals surface area contributed by atoms with Crippen LogP contribution in [0.4, 0.5) is 0 Å². The Bertz CT molecular complexity index is 523. The second-order valence-electron chi connectivity index (χ2n) is 6.45. The van der Waals surface area contributed by atoms with Crippen LogP contribution in [0, 0.1) is 12.3 Å². The molecule has 4 heteroatoms. The zero-order chi connectivity index (χ0) is 14.9. The second kappa shape index (κ2) is 6.24. The van der Waals surface area contributed by atoms with Gasteiger partial charge < -0.3 is 9.64 Å². The number of nitrogens with zero attached hydrogens (tertiary/aromatic N) is 1. The number of rotatable bonds is 2. The van der Waals surface area contributed by atoms with Gasteiger partial charge in [0.25, 0.3) is 5.91 Å². The summed E-state index contributed by atoms with van der Waals surface area (Å²) in [6.07, 6.45) is 3.75. The molecule has 21 heavy (non-hydrogen) atoms. The third-order valence-electron chi connectivity index (χ3n) is 4.83. The zero-order valence-corrected chi connectivity index (χ0v) is 14.6. The Morgan fingerprint density at radius 2 is 2.19 bits per heavy atom. The van der Waals surface area contributed by atoms with Gasteiger partial charge in [-0.1, -0.05) is 40.3 Å². The van der Waals surface area contributed by atoms with Crippen LogP contribution in [0.1, 0.15) is 35.2 Å². The highest BCUT2D eigenvalue weighted by atomic mass is 127. The van der Waals surface area contributed by atoms with Gasteiger partial charge in [0.05, 0.1) is 12.7 Å². The van der Waals surface area contributed by atoms with Crippen LogP contribution in [0.15, 0.2) is 24.3 Å². The molecule has 0 aliphatic carbocycles. The summed E-state index contributed by atoms with van der Waals surface area (Å²) >= 11 is 2.40. The third-order valence-corrected chi connectivity index (χ3v) is 5.82. The molecule has 1 aromatic carbocycles. The number of amides is 1. The van der Waals surface area contributed by atoms with Crippen molar-refractivity contribution in [3.63, 3.8) is 0 Å². The maximum atomic E-state index is 12.6. The maximum Gasteiger partial charge on any atom is 0.253 e. The Kier molecular flexibility index (Phi) is 4.54. The number of carbonyl (C=O) groups is 1. The van der Waals surface area contributed by atoms with Crippen LogP contribution in [0.25, 0.3) is 0 Å². The average molecular weight is 399 g/mol. The Labute approximate surface area is 140 Å². The van der Waals surface area contributed by atoms with Crippen molar-refractivity contribution in [3.05, 3.63) is 35.4 Å². The van der Waals surface area contributed by atoms with Gasteiger partial charge in [-0.15, -0.1) is 0 Å². The number of piperidine rings is 1. The molecule has 1 aromatic rings. The molecule has 1 unspecified atom stereocenters. The molecule has 2 saturated heterocycles. The SMILES string of the molecule is Cc1cccc(C(=O)N2CCC3(CC2)COC(CI)C3)c1. The van der Waals surface area contributed by atoms with Crippen molar-refractivity contribution in [2.45, 2.75) is 32.3 Å². The predicted molar refractivity (Wildman–Crippen MR) is 92.0 cm³/mol. The van der Waals surface area contributed by atoms with Crippen LogP contribution in [0.3, 0.4) is 0 Å². The molecular formula is C17H22INO2. The van der Waals surface area contributed by atoms with Gasteiger partial charge in [-0.25, -0.2) is 0 Å². The fourth-order valence-electron chi connectivity index (χ4n) is 3.49. The van der Waals surface area contributed by atoms with Gasteiger partial charge >= 0.3 is 0 Å². The zero-order valence-electron chi connectivity index (χ0n) is 12.5. The van der Waals surface area contributed by atoms with Crippen LogP contribution < -0.4 is 0 Å². The van der Waals surface area contributed by atoms with Gasteiger partial charge in [0, 0.05) is 23.1 Å². The van der Waals surface area contributed by atoms with Crippen molar-refractivity contribution >= 4 is 28.5 Å². The molecule has 3 rings (SSSR count). The first kappa shape index (κ1) is 15.3. The molecule has 0 saturated carbocycles. The van der Waals surface area contributed by atoms with Crippen LogP contribution in [0.5, 0.6) is 0 Å². The van der Waals surface area contributed by atoms with Gasteiger partial charge in [0.2, 0.25) is 0 Å². The lowest BCUT2D eigenvalue weighted by Crippen LogP contribution is -2.43. The molecular weight excluding hydrogens is 377 g/mol. The lowest BCUT2D eigenvalue weighted by atomic mass is 9.77. The molecule has 3 nitrogen and oxygen atoms in total. The lowest BCUT2D eigenvalue weighted by Gasteiger charge is -2.38. The van der Waals surface area contributed by atoms with Crippen molar-refractivity contribution in [1.82, 2.24) is 4.90 Å². The summed E-state index contributed by atoms with van der Waals surface area (Å²) < 4.78 is 6.96. The minimum absolute atomic E-state index is 0.179. The van der Waals surface area contributed by atoms with E-state index in [1.54, 1.807) is 0 Å². The molecule has 2 heterocycles. The molecule has 114 valence electrons. The molecule has 2 aliphatic heterocycles. The number of likely N-dealkylation sites (tertiary alicyclic amines) is 1. The Morgan fingerprint density at radius 3 is 2.81 bits per heavy atom. The molecule has 1 atom stereocenters. The fourth-order valence-corrected chi connectivity index (χ4v) is 4.05. The van der Waals surface area contributed by atoms with Crippen molar-refractivity contribution < 1.29 is 9.53 Å². The maximum absolute atomic E-state index is 12.6. The van der Waals surface area contributed by atoms with Gasteiger partial charge in [0.1, 0.15) is 0 Å². The smallest absolute Gasteiger partial charge is 0.253 e. The Hall–Kier alpha value is -0.620. The van der Waals surface area contributed by atoms with E-state index in [1.165, 1.54) is 6.42 Å². The second-order valence-corrected chi connectivity index (χ2v) is 7.33. The molecule has 0 radical (unpaired) electrons. The van der Waals surface area contributed by atoms with Crippen LogP contribution in [-0.2, 0) is 4.74 Å². The van der Waals surface area contributed by atoms with Gasteiger partial charge in [-0.3, -0.25) is 4.79 Å². The Balaban J connectivity index is 1.62. The minimum Gasteiger partial charge on any atom is -0.377 e. The van der Waals surface area contributed by atoms with E-state index in [0.29, 0.717) is 11.5 Å². The Morgan fingerprint density at radius 1 is 1.43 bits per heavy atom. The minimum atomic E-state index is 0.179. The van der Waals surface area contributed by atoms with E-state index in [1.807, 2.05) is 36.1 Å². The highest BCUT2D eigenvalue weighted by Gasteiger charge is 2.42. The van der Waals surface area contributed by atoms with E-state index in [9.17, 15) is 4.79 Å². The van der Waals surface area contributed by atoms with E-state index in [4.69, 9.17) is 4.74 Å². The average Bonchev–Trinajstić information content (AvgIpc) is 2.90. The van der Waals surface area contributed by atoms with Gasteiger partial charge in [-0.2, -0.15) is 0 Å². The highest BCUT2D eigenvalue weighted by Crippen LogP contribution is 2.42. The first-order valence-electron chi connectivity index (χ1n) is 7.65. The van der Waals surface area contributed by atoms with Crippen molar-refractivity contribution in [2.75, 3.05) is 24.1 Å². The van der Waals surface area contributed by atoms with Crippen molar-refractivity contribution in [2.24, 2.45) is 5.41 Å². The number of hydrogen-bond donors (Lipinski definition) is 0. The molecule has 1 amide bonds. The number of hydrogen-bond acceptors (Lipinski definition) is 2. The number of ether oxygens (including phenoxy) is 1. The van der Waals surface area contributed by atoms with E-state index >= 15 is 0 Å². The fraction of sp³-hybridized carbons (Fsp3) is 0.588. The summed E-state index contributed by atoms with van der Waals surface area (Å²) in [6.45, 7) is 4.64. The van der Waals surface area contributed by atoms with Crippen LogP contribution in [0.2, 0.25) is 0 Å². The quantitative estimate of drug-likeness (QED) is 0.563. The summed E-state index contributed by atoms with van der Waals surface area (Å²) in [5.74, 6) is 0.179. The standard InChI is InChI=1S/C17H22INO2/c1-13-3-2-4-14(9-13)16(20)19-7-5-17(6-8-19)10-15(11-18)21-12-17/h2-4,9,15H,5-8,10-12H2,1H3. The van der Waals surface area contributed by atoms with Crippen molar-refractivity contribution in [3.8, 4) is 0 Å². The summed E-state index contributed by atoms with van der Waals surface area (Å²) in [5.41, 5.74) is 2.29. The van der Waals surface area contributed by atoms with E-state index in [-0.39, 0.29) is 5.91 Å². The number of aryl methyl sites for hydroxylation is 1. The summed E-state index contributed by atoms with van der Waals surface area (Å²) in [6, 6.07) is 7.90. The molecule has 0 N–H and O–H groups in total. The number of halogens is 1. The monoisotopic (exact) mass is 399 g/mol. The number of alkyl halides is 1. The molecule has 2 fully saturated rings. The first-order valence-corrected chi connectivity index (χ1v) is 9.18. The molecule has 0 bridgehead atoms. The van der Waals surface area contributed by atoms with Crippen LogP contribution in [-0.4, -0.2) is 41.0 Å². The molecule has 1 spiro atoms. The topological polar surface area (TPSA) is 29.5 Å². The predicted octanol–water partition coefficient (Wildman–Crippen LogP) is 3.44. The normalized spacial score (nSPS) is 24.5. The number of benzene rings is 1. The summed E-state index contributed by atoms with van der Waals surface area (Å²) in [5, 5.41) is 0. The van der Waals surface area contributed by atoms with Gasteiger partial charge in [0.15, 0.2) is 0 Å². The van der Waals surface area contributed by atoms with E-state index < -0.39 is 0 Å². The lowest BCUT2D eigenvalue weighted by molar-refractivity contribution is 0.0510. The highest BCUT2D eigenvalue weighted by molar-refractivity contribution is 14.1. The third kappa shape index (κ3) is 3.26. The van der Waals surface area contributed by atoms with Gasteiger partial charge in [-0.05, 0) is 43.7 Å². The first-order chi connectivity index (χ1) is 10.1.